The molecule has 2 aromatic rings. The second-order valence-corrected chi connectivity index (χ2v) is 5.28. The van der Waals surface area contributed by atoms with Gasteiger partial charge in [0.1, 0.15) is 5.52 Å². The zero-order valence-electron chi connectivity index (χ0n) is 11.9. The first-order valence-corrected chi connectivity index (χ1v) is 7.34. The minimum Gasteiger partial charge on any atom is -0.441 e. The molecule has 3 heteroatoms. The molecule has 1 unspecified atom stereocenters. The van der Waals surface area contributed by atoms with Crippen molar-refractivity contribution in [3.8, 4) is 0 Å². The highest BCUT2D eigenvalue weighted by atomic mass is 16.3. The third-order valence-corrected chi connectivity index (χ3v) is 3.67. The predicted octanol–water partition coefficient (Wildman–Crippen LogP) is 3.91. The molecule has 0 aliphatic heterocycles. The third kappa shape index (κ3) is 3.57. The number of hydrogen-bond acceptors (Lipinski definition) is 3. The van der Waals surface area contributed by atoms with Crippen molar-refractivity contribution in [2.75, 3.05) is 0 Å². The molecule has 19 heavy (non-hydrogen) atoms. The van der Waals surface area contributed by atoms with Crippen LogP contribution in [0, 0.1) is 5.92 Å². The molecule has 104 valence electrons. The summed E-state index contributed by atoms with van der Waals surface area (Å²) < 4.78 is 5.75. The first kappa shape index (κ1) is 14.1. The average molecular weight is 260 g/mol. The summed E-state index contributed by atoms with van der Waals surface area (Å²) in [6.07, 6.45) is 5.49. The third-order valence-electron chi connectivity index (χ3n) is 3.67. The van der Waals surface area contributed by atoms with E-state index in [-0.39, 0.29) is 6.04 Å². The van der Waals surface area contributed by atoms with Crippen molar-refractivity contribution >= 4 is 11.1 Å². The van der Waals surface area contributed by atoms with E-state index >= 15 is 0 Å². The maximum Gasteiger partial charge on any atom is 0.197 e. The van der Waals surface area contributed by atoms with Crippen LogP contribution < -0.4 is 5.73 Å². The van der Waals surface area contributed by atoms with Gasteiger partial charge in [0.25, 0.3) is 0 Å². The van der Waals surface area contributed by atoms with Crippen LogP contribution in [0.15, 0.2) is 28.7 Å². The Bertz CT molecular complexity index is 467. The van der Waals surface area contributed by atoms with E-state index in [2.05, 4.69) is 18.8 Å². The summed E-state index contributed by atoms with van der Waals surface area (Å²) in [6, 6.07) is 8.02. The molecular weight excluding hydrogens is 236 g/mol. The number of para-hydroxylation sites is 2. The van der Waals surface area contributed by atoms with E-state index in [9.17, 15) is 0 Å². The quantitative estimate of drug-likeness (QED) is 0.821. The van der Waals surface area contributed by atoms with Gasteiger partial charge in [0.15, 0.2) is 11.5 Å². The lowest BCUT2D eigenvalue weighted by molar-refractivity contribution is 0.342. The SMILES string of the molecule is CCCC(CCC)C(N)Cc1nc2ccccc2o1. The van der Waals surface area contributed by atoms with Crippen LogP contribution in [0.3, 0.4) is 0 Å². The summed E-state index contributed by atoms with van der Waals surface area (Å²) in [4.78, 5) is 4.51. The molecule has 1 aromatic carbocycles. The Balaban J connectivity index is 2.05. The van der Waals surface area contributed by atoms with Crippen molar-refractivity contribution < 1.29 is 4.42 Å². The molecule has 0 spiro atoms. The molecule has 0 saturated heterocycles. The highest BCUT2D eigenvalue weighted by molar-refractivity contribution is 5.72. The van der Waals surface area contributed by atoms with Crippen LogP contribution in [0.4, 0.5) is 0 Å². The number of hydrogen-bond donors (Lipinski definition) is 1. The maximum atomic E-state index is 6.34. The molecule has 1 atom stereocenters. The molecule has 0 aliphatic carbocycles. The fraction of sp³-hybridized carbons (Fsp3) is 0.562. The van der Waals surface area contributed by atoms with E-state index in [1.54, 1.807) is 0 Å². The zero-order valence-corrected chi connectivity index (χ0v) is 11.9. The van der Waals surface area contributed by atoms with Crippen LogP contribution in [0.25, 0.3) is 11.1 Å². The second-order valence-electron chi connectivity index (χ2n) is 5.28. The van der Waals surface area contributed by atoms with E-state index in [0.717, 1.165) is 23.4 Å². The van der Waals surface area contributed by atoms with E-state index in [0.29, 0.717) is 5.92 Å². The van der Waals surface area contributed by atoms with Crippen LogP contribution in [-0.4, -0.2) is 11.0 Å². The van der Waals surface area contributed by atoms with Gasteiger partial charge in [0.05, 0.1) is 0 Å². The van der Waals surface area contributed by atoms with Gasteiger partial charge >= 0.3 is 0 Å². The number of nitrogens with zero attached hydrogens (tertiary/aromatic N) is 1. The number of aromatic nitrogens is 1. The zero-order chi connectivity index (χ0) is 13.7. The van der Waals surface area contributed by atoms with Crippen molar-refractivity contribution in [3.63, 3.8) is 0 Å². The minimum absolute atomic E-state index is 0.146. The molecule has 0 saturated carbocycles. The van der Waals surface area contributed by atoms with Crippen LogP contribution in [0.1, 0.15) is 45.4 Å². The van der Waals surface area contributed by atoms with Gasteiger partial charge in [-0.2, -0.15) is 0 Å². The topological polar surface area (TPSA) is 52.0 Å². The van der Waals surface area contributed by atoms with E-state index in [1.165, 1.54) is 25.7 Å². The van der Waals surface area contributed by atoms with Gasteiger partial charge in [-0.1, -0.05) is 38.8 Å². The van der Waals surface area contributed by atoms with Gasteiger partial charge in [-0.3, -0.25) is 0 Å². The van der Waals surface area contributed by atoms with E-state index in [1.807, 2.05) is 24.3 Å². The molecular formula is C16H24N2O. The fourth-order valence-corrected chi connectivity index (χ4v) is 2.69. The van der Waals surface area contributed by atoms with Crippen molar-refractivity contribution in [2.45, 2.75) is 52.0 Å². The van der Waals surface area contributed by atoms with Gasteiger partial charge in [-0.25, -0.2) is 4.98 Å². The number of benzene rings is 1. The van der Waals surface area contributed by atoms with Crippen molar-refractivity contribution in [1.29, 1.82) is 0 Å². The number of oxazole rings is 1. The van der Waals surface area contributed by atoms with Gasteiger partial charge in [-0.05, 0) is 30.9 Å². The minimum atomic E-state index is 0.146. The Morgan fingerprint density at radius 1 is 1.16 bits per heavy atom. The molecule has 0 bridgehead atoms. The molecule has 2 N–H and O–H groups in total. The summed E-state index contributed by atoms with van der Waals surface area (Å²) in [6.45, 7) is 4.43. The normalized spacial score (nSPS) is 13.3. The number of rotatable bonds is 7. The molecule has 1 aromatic heterocycles. The summed E-state index contributed by atoms with van der Waals surface area (Å²) in [5, 5.41) is 0. The Morgan fingerprint density at radius 3 is 2.47 bits per heavy atom. The average Bonchev–Trinajstić information content (AvgIpc) is 2.80. The van der Waals surface area contributed by atoms with Crippen molar-refractivity contribution in [2.24, 2.45) is 11.7 Å². The lowest BCUT2D eigenvalue weighted by atomic mass is 9.89. The Kier molecular flexibility index (Phi) is 4.97. The van der Waals surface area contributed by atoms with E-state index < -0.39 is 0 Å². The molecule has 1 heterocycles. The van der Waals surface area contributed by atoms with Gasteiger partial charge in [0, 0.05) is 12.5 Å². The Hall–Kier alpha value is -1.35. The van der Waals surface area contributed by atoms with Gasteiger partial charge in [0.2, 0.25) is 0 Å². The predicted molar refractivity (Wildman–Crippen MR) is 79.0 cm³/mol. The van der Waals surface area contributed by atoms with Crippen LogP contribution >= 0.6 is 0 Å². The van der Waals surface area contributed by atoms with Gasteiger partial charge in [-0.15, -0.1) is 0 Å². The first-order valence-electron chi connectivity index (χ1n) is 7.34. The molecule has 0 fully saturated rings. The second kappa shape index (κ2) is 6.71. The summed E-state index contributed by atoms with van der Waals surface area (Å²) in [5.74, 6) is 1.34. The summed E-state index contributed by atoms with van der Waals surface area (Å²) >= 11 is 0. The molecule has 3 nitrogen and oxygen atoms in total. The van der Waals surface area contributed by atoms with Gasteiger partial charge < -0.3 is 10.2 Å². The largest absolute Gasteiger partial charge is 0.441 e. The summed E-state index contributed by atoms with van der Waals surface area (Å²) in [7, 11) is 0. The Morgan fingerprint density at radius 2 is 1.84 bits per heavy atom. The number of fused-ring (bicyclic) bond motifs is 1. The first-order chi connectivity index (χ1) is 9.24. The van der Waals surface area contributed by atoms with Crippen molar-refractivity contribution in [3.05, 3.63) is 30.2 Å². The Labute approximate surface area is 115 Å². The fourth-order valence-electron chi connectivity index (χ4n) is 2.69. The van der Waals surface area contributed by atoms with Crippen LogP contribution in [-0.2, 0) is 6.42 Å². The molecule has 0 radical (unpaired) electrons. The lowest BCUT2D eigenvalue weighted by Gasteiger charge is -2.21. The monoisotopic (exact) mass is 260 g/mol. The van der Waals surface area contributed by atoms with Crippen LogP contribution in [0.2, 0.25) is 0 Å². The van der Waals surface area contributed by atoms with Crippen molar-refractivity contribution in [1.82, 2.24) is 4.98 Å². The van der Waals surface area contributed by atoms with Crippen LogP contribution in [0.5, 0.6) is 0 Å². The molecule has 0 aliphatic rings. The lowest BCUT2D eigenvalue weighted by Crippen LogP contribution is -2.32. The highest BCUT2D eigenvalue weighted by Crippen LogP contribution is 2.21. The molecule has 2 rings (SSSR count). The smallest absolute Gasteiger partial charge is 0.197 e. The van der Waals surface area contributed by atoms with E-state index in [4.69, 9.17) is 10.2 Å². The maximum absolute atomic E-state index is 6.34. The number of nitrogens with two attached hydrogens (primary N) is 1. The standard InChI is InChI=1S/C16H24N2O/c1-3-7-12(8-4-2)13(17)11-16-18-14-9-5-6-10-15(14)19-16/h5-6,9-10,12-13H,3-4,7-8,11,17H2,1-2H3. The summed E-state index contributed by atoms with van der Waals surface area (Å²) in [5.41, 5.74) is 8.12. The highest BCUT2D eigenvalue weighted by Gasteiger charge is 2.19. The molecule has 0 amide bonds.